The maximum Gasteiger partial charge on any atom is 0.241 e. The highest BCUT2D eigenvalue weighted by atomic mass is 16.5. The zero-order valence-corrected chi connectivity index (χ0v) is 14.0. The van der Waals surface area contributed by atoms with Crippen molar-refractivity contribution in [2.75, 3.05) is 33.2 Å². The fourth-order valence-corrected chi connectivity index (χ4v) is 3.24. The van der Waals surface area contributed by atoms with Crippen LogP contribution in [-0.4, -0.2) is 58.2 Å². The first kappa shape index (κ1) is 16.1. The van der Waals surface area contributed by atoms with Gasteiger partial charge in [-0.1, -0.05) is 18.1 Å². The summed E-state index contributed by atoms with van der Waals surface area (Å²) in [4.78, 5) is 13.5. The van der Waals surface area contributed by atoms with E-state index >= 15 is 0 Å². The van der Waals surface area contributed by atoms with E-state index in [0.717, 1.165) is 24.7 Å². The molecule has 1 aliphatic rings. The number of rotatable bonds is 6. The van der Waals surface area contributed by atoms with Crippen LogP contribution < -0.4 is 0 Å². The molecule has 0 amide bonds. The van der Waals surface area contributed by atoms with E-state index in [1.54, 1.807) is 6.20 Å². The van der Waals surface area contributed by atoms with Crippen LogP contribution in [0.3, 0.4) is 0 Å². The van der Waals surface area contributed by atoms with Crippen molar-refractivity contribution >= 4 is 0 Å². The largest absolute Gasteiger partial charge is 0.337 e. The Kier molecular flexibility index (Phi) is 5.35. The van der Waals surface area contributed by atoms with Gasteiger partial charge in [0, 0.05) is 19.3 Å². The number of hydrogen-bond donors (Lipinski definition) is 0. The van der Waals surface area contributed by atoms with Gasteiger partial charge in [-0.25, -0.2) is 0 Å². The molecule has 6 nitrogen and oxygen atoms in total. The summed E-state index contributed by atoms with van der Waals surface area (Å²) in [5, 5.41) is 4.03. The average Bonchev–Trinajstić information content (AvgIpc) is 3.04. The summed E-state index contributed by atoms with van der Waals surface area (Å²) in [6.45, 7) is 7.58. The lowest BCUT2D eigenvalue weighted by Crippen LogP contribution is -2.39. The van der Waals surface area contributed by atoms with Crippen molar-refractivity contribution in [2.45, 2.75) is 26.3 Å². The molecular formula is C17H25N5O. The molecule has 1 atom stereocenters. The van der Waals surface area contributed by atoms with Crippen LogP contribution in [0.4, 0.5) is 0 Å². The normalized spacial score (nSPS) is 19.3. The first-order chi connectivity index (χ1) is 11.2. The minimum atomic E-state index is 0.559. The van der Waals surface area contributed by atoms with E-state index in [4.69, 9.17) is 4.52 Å². The monoisotopic (exact) mass is 315 g/mol. The van der Waals surface area contributed by atoms with Gasteiger partial charge in [0.2, 0.25) is 11.7 Å². The van der Waals surface area contributed by atoms with Crippen LogP contribution in [0.2, 0.25) is 0 Å². The smallest absolute Gasteiger partial charge is 0.241 e. The van der Waals surface area contributed by atoms with Gasteiger partial charge in [0.05, 0.1) is 6.54 Å². The standard InChI is InChI=1S/C17H25N5O/c1-3-22-10-6-7-14(12-22)11-21(2)13-16-19-17(20-23-16)15-8-4-5-9-18-15/h4-5,8-9,14H,3,6-7,10-13H2,1-2H3/t14-/m0/s1. The second-order valence-electron chi connectivity index (χ2n) is 6.32. The van der Waals surface area contributed by atoms with Gasteiger partial charge >= 0.3 is 0 Å². The lowest BCUT2D eigenvalue weighted by atomic mass is 9.97. The summed E-state index contributed by atoms with van der Waals surface area (Å²) in [7, 11) is 2.12. The summed E-state index contributed by atoms with van der Waals surface area (Å²) >= 11 is 0. The molecule has 0 bridgehead atoms. The second-order valence-corrected chi connectivity index (χ2v) is 6.32. The van der Waals surface area contributed by atoms with Gasteiger partial charge in [0.15, 0.2) is 0 Å². The second kappa shape index (κ2) is 7.66. The highest BCUT2D eigenvalue weighted by Crippen LogP contribution is 2.18. The molecule has 0 N–H and O–H groups in total. The van der Waals surface area contributed by atoms with E-state index in [2.05, 4.69) is 38.9 Å². The Balaban J connectivity index is 1.54. The number of likely N-dealkylation sites (tertiary alicyclic amines) is 1. The lowest BCUT2D eigenvalue weighted by molar-refractivity contribution is 0.140. The molecule has 0 radical (unpaired) electrons. The molecule has 1 aliphatic heterocycles. The van der Waals surface area contributed by atoms with Crippen LogP contribution in [-0.2, 0) is 6.54 Å². The predicted molar refractivity (Wildman–Crippen MR) is 88.7 cm³/mol. The highest BCUT2D eigenvalue weighted by Gasteiger charge is 2.21. The molecule has 0 aromatic carbocycles. The van der Waals surface area contributed by atoms with Crippen molar-refractivity contribution < 1.29 is 4.52 Å². The average molecular weight is 315 g/mol. The van der Waals surface area contributed by atoms with Gasteiger partial charge in [-0.2, -0.15) is 4.98 Å². The Labute approximate surface area is 137 Å². The van der Waals surface area contributed by atoms with Crippen molar-refractivity contribution in [1.29, 1.82) is 0 Å². The van der Waals surface area contributed by atoms with Gasteiger partial charge in [0.1, 0.15) is 5.69 Å². The number of hydrogen-bond acceptors (Lipinski definition) is 6. The number of pyridine rings is 1. The topological polar surface area (TPSA) is 58.3 Å². The summed E-state index contributed by atoms with van der Waals surface area (Å²) in [6.07, 6.45) is 4.35. The maximum atomic E-state index is 5.37. The van der Waals surface area contributed by atoms with Gasteiger partial charge < -0.3 is 9.42 Å². The quantitative estimate of drug-likeness (QED) is 0.815. The van der Waals surface area contributed by atoms with E-state index in [0.29, 0.717) is 18.3 Å². The zero-order valence-electron chi connectivity index (χ0n) is 14.0. The van der Waals surface area contributed by atoms with Crippen LogP contribution >= 0.6 is 0 Å². The Hall–Kier alpha value is -1.79. The summed E-state index contributed by atoms with van der Waals surface area (Å²) in [5.41, 5.74) is 0.746. The van der Waals surface area contributed by atoms with Crippen LogP contribution in [0.25, 0.3) is 11.5 Å². The molecule has 0 aliphatic carbocycles. The molecule has 1 saturated heterocycles. The van der Waals surface area contributed by atoms with Crippen LogP contribution in [0.15, 0.2) is 28.9 Å². The van der Waals surface area contributed by atoms with Crippen LogP contribution in [0, 0.1) is 5.92 Å². The fraction of sp³-hybridized carbons (Fsp3) is 0.588. The predicted octanol–water partition coefficient (Wildman–Crippen LogP) is 2.30. The van der Waals surface area contributed by atoms with Gasteiger partial charge in [-0.15, -0.1) is 0 Å². The van der Waals surface area contributed by atoms with Crippen molar-refractivity contribution in [1.82, 2.24) is 24.9 Å². The fourth-order valence-electron chi connectivity index (χ4n) is 3.24. The molecule has 124 valence electrons. The van der Waals surface area contributed by atoms with Crippen molar-refractivity contribution in [2.24, 2.45) is 5.92 Å². The molecule has 6 heteroatoms. The zero-order chi connectivity index (χ0) is 16.1. The maximum absolute atomic E-state index is 5.37. The number of nitrogens with zero attached hydrogens (tertiary/aromatic N) is 5. The third-order valence-electron chi connectivity index (χ3n) is 4.39. The summed E-state index contributed by atoms with van der Waals surface area (Å²) < 4.78 is 5.37. The Bertz CT molecular complexity index is 600. The SMILES string of the molecule is CCN1CCC[C@@H](CN(C)Cc2nc(-c3ccccn3)no2)C1. The third-order valence-corrected chi connectivity index (χ3v) is 4.39. The Morgan fingerprint density at radius 2 is 2.30 bits per heavy atom. The number of piperidine rings is 1. The third kappa shape index (κ3) is 4.36. The van der Waals surface area contributed by atoms with Crippen molar-refractivity contribution in [3.05, 3.63) is 30.3 Å². The molecule has 1 fully saturated rings. The Morgan fingerprint density at radius 1 is 1.39 bits per heavy atom. The molecule has 2 aromatic heterocycles. The van der Waals surface area contributed by atoms with E-state index in [-0.39, 0.29) is 0 Å². The lowest BCUT2D eigenvalue weighted by Gasteiger charge is -2.33. The minimum absolute atomic E-state index is 0.559. The first-order valence-electron chi connectivity index (χ1n) is 8.39. The molecular weight excluding hydrogens is 290 g/mol. The van der Waals surface area contributed by atoms with Gasteiger partial charge in [-0.05, 0) is 51.0 Å². The minimum Gasteiger partial charge on any atom is -0.337 e. The molecule has 3 rings (SSSR count). The molecule has 23 heavy (non-hydrogen) atoms. The van der Waals surface area contributed by atoms with Crippen LogP contribution in [0.1, 0.15) is 25.7 Å². The van der Waals surface area contributed by atoms with E-state index in [9.17, 15) is 0 Å². The Morgan fingerprint density at radius 3 is 3.09 bits per heavy atom. The first-order valence-corrected chi connectivity index (χ1v) is 8.39. The van der Waals surface area contributed by atoms with E-state index in [1.807, 2.05) is 18.2 Å². The molecule has 2 aromatic rings. The molecule has 0 unspecified atom stereocenters. The highest BCUT2D eigenvalue weighted by molar-refractivity contribution is 5.46. The van der Waals surface area contributed by atoms with E-state index < -0.39 is 0 Å². The van der Waals surface area contributed by atoms with Crippen molar-refractivity contribution in [3.63, 3.8) is 0 Å². The molecule has 3 heterocycles. The van der Waals surface area contributed by atoms with Gasteiger partial charge in [-0.3, -0.25) is 9.88 Å². The number of aromatic nitrogens is 3. The summed E-state index contributed by atoms with van der Waals surface area (Å²) in [5.74, 6) is 1.94. The van der Waals surface area contributed by atoms with Gasteiger partial charge in [0.25, 0.3) is 0 Å². The molecule has 0 spiro atoms. The van der Waals surface area contributed by atoms with Crippen LogP contribution in [0.5, 0.6) is 0 Å². The van der Waals surface area contributed by atoms with E-state index in [1.165, 1.54) is 25.9 Å². The summed E-state index contributed by atoms with van der Waals surface area (Å²) in [6, 6.07) is 5.69. The molecule has 0 saturated carbocycles. The van der Waals surface area contributed by atoms with Crippen molar-refractivity contribution in [3.8, 4) is 11.5 Å².